The Kier molecular flexibility index (Phi) is 4.52. The minimum Gasteiger partial charge on any atom is -0.486 e. The predicted octanol–water partition coefficient (Wildman–Crippen LogP) is 3.95. The largest absolute Gasteiger partial charge is 0.486 e. The smallest absolute Gasteiger partial charge is 0.142 e. The van der Waals surface area contributed by atoms with Crippen LogP contribution in [-0.2, 0) is 6.42 Å². The summed E-state index contributed by atoms with van der Waals surface area (Å²) in [5.41, 5.74) is 3.71. The molecule has 2 aromatic carbocycles. The van der Waals surface area contributed by atoms with E-state index in [9.17, 15) is 0 Å². The number of nitrogens with zero attached hydrogens (tertiary/aromatic N) is 1. The van der Waals surface area contributed by atoms with Crippen LogP contribution in [0.25, 0.3) is 0 Å². The number of ether oxygens (including phenoxy) is 1. The van der Waals surface area contributed by atoms with Gasteiger partial charge in [-0.15, -0.1) is 0 Å². The maximum atomic E-state index is 6.08. The predicted molar refractivity (Wildman–Crippen MR) is 93.1 cm³/mol. The van der Waals surface area contributed by atoms with Crippen LogP contribution in [0.15, 0.2) is 48.5 Å². The van der Waals surface area contributed by atoms with Gasteiger partial charge in [0.05, 0.1) is 12.2 Å². The summed E-state index contributed by atoms with van der Waals surface area (Å²) in [6, 6.07) is 17.0. The highest BCUT2D eigenvalue weighted by Gasteiger charge is 2.19. The summed E-state index contributed by atoms with van der Waals surface area (Å²) in [5.74, 6) is 0.957. The number of hydrogen-bond donors (Lipinski definition) is 1. The van der Waals surface area contributed by atoms with E-state index in [1.807, 2.05) is 18.2 Å². The Morgan fingerprint density at radius 2 is 1.77 bits per heavy atom. The first-order valence-electron chi connectivity index (χ1n) is 8.13. The first kappa shape index (κ1) is 14.8. The zero-order valence-electron chi connectivity index (χ0n) is 13.4. The molecule has 0 aliphatic carbocycles. The Morgan fingerprint density at radius 3 is 2.50 bits per heavy atom. The summed E-state index contributed by atoms with van der Waals surface area (Å²) in [4.78, 5) is 2.36. The molecule has 1 N–H and O–H groups in total. The van der Waals surface area contributed by atoms with E-state index >= 15 is 0 Å². The van der Waals surface area contributed by atoms with Gasteiger partial charge in [-0.2, -0.15) is 0 Å². The monoisotopic (exact) mass is 296 g/mol. The number of anilines is 2. The van der Waals surface area contributed by atoms with Gasteiger partial charge >= 0.3 is 0 Å². The third-order valence-corrected chi connectivity index (χ3v) is 4.23. The molecule has 0 aromatic heterocycles. The van der Waals surface area contributed by atoms with E-state index in [0.717, 1.165) is 37.5 Å². The average Bonchev–Trinajstić information content (AvgIpc) is 2.57. The van der Waals surface area contributed by atoms with E-state index in [0.29, 0.717) is 0 Å². The first-order chi connectivity index (χ1) is 10.8. The van der Waals surface area contributed by atoms with Crippen LogP contribution < -0.4 is 15.0 Å². The fraction of sp³-hybridized carbons (Fsp3) is 0.368. The second-order valence-electron chi connectivity index (χ2n) is 5.66. The molecular formula is C19H24N2O. The lowest BCUT2D eigenvalue weighted by molar-refractivity contribution is 0.206. The molecule has 3 nitrogen and oxygen atoms in total. The molecule has 0 saturated carbocycles. The SMILES string of the molecule is CCN(CC)c1ccc(CC2CNc3ccccc3O2)cc1. The molecule has 0 saturated heterocycles. The van der Waals surface area contributed by atoms with Crippen molar-refractivity contribution in [3.63, 3.8) is 0 Å². The van der Waals surface area contributed by atoms with Gasteiger partial charge in [0.1, 0.15) is 11.9 Å². The summed E-state index contributed by atoms with van der Waals surface area (Å²) in [6.45, 7) is 7.33. The van der Waals surface area contributed by atoms with E-state index in [1.165, 1.54) is 11.3 Å². The molecule has 1 atom stereocenters. The topological polar surface area (TPSA) is 24.5 Å². The van der Waals surface area contributed by atoms with Crippen molar-refractivity contribution in [2.45, 2.75) is 26.4 Å². The van der Waals surface area contributed by atoms with Crippen LogP contribution in [0.1, 0.15) is 19.4 Å². The van der Waals surface area contributed by atoms with Crippen molar-refractivity contribution in [2.24, 2.45) is 0 Å². The first-order valence-corrected chi connectivity index (χ1v) is 8.13. The van der Waals surface area contributed by atoms with Crippen molar-refractivity contribution >= 4 is 11.4 Å². The van der Waals surface area contributed by atoms with Gasteiger partial charge in [0.2, 0.25) is 0 Å². The molecular weight excluding hydrogens is 272 g/mol. The number of rotatable bonds is 5. The molecule has 0 spiro atoms. The fourth-order valence-corrected chi connectivity index (χ4v) is 2.97. The Hall–Kier alpha value is -2.16. The normalized spacial score (nSPS) is 16.4. The molecule has 2 aromatic rings. The van der Waals surface area contributed by atoms with Crippen molar-refractivity contribution in [1.29, 1.82) is 0 Å². The van der Waals surface area contributed by atoms with Crippen molar-refractivity contribution in [2.75, 3.05) is 29.9 Å². The van der Waals surface area contributed by atoms with Gasteiger partial charge in [-0.25, -0.2) is 0 Å². The van der Waals surface area contributed by atoms with Crippen molar-refractivity contribution in [3.8, 4) is 5.75 Å². The van der Waals surface area contributed by atoms with Crippen LogP contribution in [0, 0.1) is 0 Å². The molecule has 0 fully saturated rings. The van der Waals surface area contributed by atoms with E-state index in [-0.39, 0.29) is 6.10 Å². The number of hydrogen-bond acceptors (Lipinski definition) is 3. The highest BCUT2D eigenvalue weighted by atomic mass is 16.5. The van der Waals surface area contributed by atoms with Crippen LogP contribution in [-0.4, -0.2) is 25.7 Å². The number of para-hydroxylation sites is 2. The Bertz CT molecular complexity index is 605. The van der Waals surface area contributed by atoms with Crippen molar-refractivity contribution < 1.29 is 4.74 Å². The highest BCUT2D eigenvalue weighted by molar-refractivity contribution is 5.57. The van der Waals surface area contributed by atoms with Gasteiger partial charge in [-0.1, -0.05) is 24.3 Å². The summed E-state index contributed by atoms with van der Waals surface area (Å²) in [7, 11) is 0. The lowest BCUT2D eigenvalue weighted by Gasteiger charge is -2.27. The third kappa shape index (κ3) is 3.19. The van der Waals surface area contributed by atoms with Crippen LogP contribution in [0.5, 0.6) is 5.75 Å². The fourth-order valence-electron chi connectivity index (χ4n) is 2.97. The average molecular weight is 296 g/mol. The third-order valence-electron chi connectivity index (χ3n) is 4.23. The molecule has 1 heterocycles. The molecule has 22 heavy (non-hydrogen) atoms. The number of benzene rings is 2. The molecule has 116 valence electrons. The molecule has 0 amide bonds. The van der Waals surface area contributed by atoms with Gasteiger partial charge in [0.25, 0.3) is 0 Å². The molecule has 1 aliphatic rings. The molecule has 1 aliphatic heterocycles. The molecule has 3 heteroatoms. The van der Waals surface area contributed by atoms with E-state index in [1.54, 1.807) is 0 Å². The quantitative estimate of drug-likeness (QED) is 0.904. The van der Waals surface area contributed by atoms with Gasteiger partial charge < -0.3 is 15.0 Å². The zero-order chi connectivity index (χ0) is 15.4. The van der Waals surface area contributed by atoms with E-state index in [4.69, 9.17) is 4.74 Å². The molecule has 3 rings (SSSR count). The summed E-state index contributed by atoms with van der Waals surface area (Å²) < 4.78 is 6.08. The van der Waals surface area contributed by atoms with Gasteiger partial charge in [0.15, 0.2) is 0 Å². The second-order valence-corrected chi connectivity index (χ2v) is 5.66. The van der Waals surface area contributed by atoms with Crippen LogP contribution >= 0.6 is 0 Å². The minimum atomic E-state index is 0.189. The standard InChI is InChI=1S/C19H24N2O/c1-3-21(4-2)16-11-9-15(10-12-16)13-17-14-20-18-7-5-6-8-19(18)22-17/h5-12,17,20H,3-4,13-14H2,1-2H3. The van der Waals surface area contributed by atoms with Crippen LogP contribution in [0.4, 0.5) is 11.4 Å². The highest BCUT2D eigenvalue weighted by Crippen LogP contribution is 2.29. The van der Waals surface area contributed by atoms with Crippen molar-refractivity contribution in [3.05, 3.63) is 54.1 Å². The lowest BCUT2D eigenvalue weighted by atomic mass is 10.1. The number of nitrogens with one attached hydrogen (secondary N) is 1. The number of fused-ring (bicyclic) bond motifs is 1. The van der Waals surface area contributed by atoms with E-state index < -0.39 is 0 Å². The summed E-state index contributed by atoms with van der Waals surface area (Å²) in [5, 5.41) is 3.45. The molecule has 0 bridgehead atoms. The van der Waals surface area contributed by atoms with Crippen molar-refractivity contribution in [1.82, 2.24) is 0 Å². The van der Waals surface area contributed by atoms with Crippen LogP contribution in [0.3, 0.4) is 0 Å². The molecule has 1 unspecified atom stereocenters. The Balaban J connectivity index is 1.65. The minimum absolute atomic E-state index is 0.189. The van der Waals surface area contributed by atoms with E-state index in [2.05, 4.69) is 54.4 Å². The lowest BCUT2D eigenvalue weighted by Crippen LogP contribution is -2.32. The summed E-state index contributed by atoms with van der Waals surface area (Å²) in [6.07, 6.45) is 1.12. The molecule has 0 radical (unpaired) electrons. The summed E-state index contributed by atoms with van der Waals surface area (Å²) >= 11 is 0. The van der Waals surface area contributed by atoms with Gasteiger partial charge in [0, 0.05) is 25.2 Å². The maximum Gasteiger partial charge on any atom is 0.142 e. The Labute approximate surface area is 132 Å². The maximum absolute atomic E-state index is 6.08. The van der Waals surface area contributed by atoms with Gasteiger partial charge in [-0.05, 0) is 43.7 Å². The van der Waals surface area contributed by atoms with Gasteiger partial charge in [-0.3, -0.25) is 0 Å². The zero-order valence-corrected chi connectivity index (χ0v) is 13.4. The Morgan fingerprint density at radius 1 is 1.05 bits per heavy atom. The van der Waals surface area contributed by atoms with Crippen LogP contribution in [0.2, 0.25) is 0 Å². The second kappa shape index (κ2) is 6.73.